The van der Waals surface area contributed by atoms with Gasteiger partial charge in [-0.25, -0.2) is 4.79 Å². The minimum Gasteiger partial charge on any atom is -0.488 e. The van der Waals surface area contributed by atoms with Crippen molar-refractivity contribution in [2.24, 2.45) is 0 Å². The molecule has 3 rings (SSSR count). The van der Waals surface area contributed by atoms with Gasteiger partial charge in [0.05, 0.1) is 5.56 Å². The number of hydrogen-bond donors (Lipinski definition) is 0. The molecule has 0 N–H and O–H groups in total. The highest BCUT2D eigenvalue weighted by Crippen LogP contribution is 2.40. The maximum Gasteiger partial charge on any atom is 0.573 e. The molecule has 0 aliphatic rings. The summed E-state index contributed by atoms with van der Waals surface area (Å²) in [7, 11) is 0. The average Bonchev–Trinajstić information content (AvgIpc) is 3.08. The third-order valence-electron chi connectivity index (χ3n) is 4.66. The lowest BCUT2D eigenvalue weighted by Crippen LogP contribution is -2.40. The molecule has 0 radical (unpaired) electrons. The van der Waals surface area contributed by atoms with E-state index in [4.69, 9.17) is 13.9 Å². The average molecular weight is 462 g/mol. The van der Waals surface area contributed by atoms with Crippen LogP contribution in [0.25, 0.3) is 22.3 Å². The van der Waals surface area contributed by atoms with Crippen molar-refractivity contribution in [3.63, 3.8) is 0 Å². The van der Waals surface area contributed by atoms with Crippen molar-refractivity contribution in [2.45, 2.75) is 51.7 Å². The lowest BCUT2D eigenvalue weighted by molar-refractivity contribution is -0.274. The SMILES string of the molecule is C=CC(=O)OC(C)(C)CC(C)(C)Oc1ccc(-c2cc3ccccc3o2)c(OC(F)(F)F)c1. The van der Waals surface area contributed by atoms with Gasteiger partial charge in [0.15, 0.2) is 0 Å². The Balaban J connectivity index is 1.91. The number of carbonyl (C=O) groups is 1. The smallest absolute Gasteiger partial charge is 0.488 e. The summed E-state index contributed by atoms with van der Waals surface area (Å²) in [4.78, 5) is 11.6. The number of esters is 1. The normalized spacial score (nSPS) is 12.5. The van der Waals surface area contributed by atoms with Crippen LogP contribution in [0.15, 0.2) is 65.6 Å². The zero-order valence-electron chi connectivity index (χ0n) is 18.8. The number of rotatable bonds is 8. The molecule has 0 saturated carbocycles. The molecule has 0 saturated heterocycles. The van der Waals surface area contributed by atoms with E-state index in [0.717, 1.165) is 11.5 Å². The van der Waals surface area contributed by atoms with Crippen molar-refractivity contribution >= 4 is 16.9 Å². The third-order valence-corrected chi connectivity index (χ3v) is 4.66. The van der Waals surface area contributed by atoms with Crippen LogP contribution < -0.4 is 9.47 Å². The van der Waals surface area contributed by atoms with Crippen LogP contribution in [0.5, 0.6) is 11.5 Å². The summed E-state index contributed by atoms with van der Waals surface area (Å²) in [6.45, 7) is 10.3. The predicted molar refractivity (Wildman–Crippen MR) is 118 cm³/mol. The lowest BCUT2D eigenvalue weighted by Gasteiger charge is -2.35. The predicted octanol–water partition coefficient (Wildman–Crippen LogP) is 7.05. The molecular formula is C25H25F3O5. The van der Waals surface area contributed by atoms with Gasteiger partial charge in [0.25, 0.3) is 0 Å². The molecule has 1 heterocycles. The number of benzene rings is 2. The van der Waals surface area contributed by atoms with E-state index in [-0.39, 0.29) is 23.5 Å². The molecule has 0 atom stereocenters. The first-order chi connectivity index (χ1) is 15.3. The summed E-state index contributed by atoms with van der Waals surface area (Å²) < 4.78 is 60.7. The molecule has 0 spiro atoms. The van der Waals surface area contributed by atoms with Crippen LogP contribution in [-0.2, 0) is 9.53 Å². The summed E-state index contributed by atoms with van der Waals surface area (Å²) in [6.07, 6.45) is -3.58. The van der Waals surface area contributed by atoms with Gasteiger partial charge < -0.3 is 18.6 Å². The number of carbonyl (C=O) groups excluding carboxylic acids is 1. The quantitative estimate of drug-likeness (QED) is 0.265. The van der Waals surface area contributed by atoms with Crippen LogP contribution in [0.2, 0.25) is 0 Å². The van der Waals surface area contributed by atoms with Crippen LogP contribution in [0.3, 0.4) is 0 Å². The number of fused-ring (bicyclic) bond motifs is 1. The fourth-order valence-electron chi connectivity index (χ4n) is 3.82. The summed E-state index contributed by atoms with van der Waals surface area (Å²) in [5.41, 5.74) is -1.10. The summed E-state index contributed by atoms with van der Waals surface area (Å²) in [5.74, 6) is -0.636. The van der Waals surface area contributed by atoms with Gasteiger partial charge in [-0.2, -0.15) is 0 Å². The van der Waals surface area contributed by atoms with E-state index >= 15 is 0 Å². The minimum absolute atomic E-state index is 0.133. The Kier molecular flexibility index (Phi) is 6.49. The first kappa shape index (κ1) is 24.2. The highest BCUT2D eigenvalue weighted by Gasteiger charge is 2.35. The molecule has 0 amide bonds. The van der Waals surface area contributed by atoms with Crippen LogP contribution in [0, 0.1) is 0 Å². The minimum atomic E-state index is -4.91. The number of para-hydroxylation sites is 1. The maximum atomic E-state index is 13.1. The van der Waals surface area contributed by atoms with Gasteiger partial charge in [0.1, 0.15) is 34.0 Å². The molecule has 8 heteroatoms. The topological polar surface area (TPSA) is 57.9 Å². The lowest BCUT2D eigenvalue weighted by atomic mass is 9.92. The fraction of sp³-hybridized carbons (Fsp3) is 0.320. The van der Waals surface area contributed by atoms with Gasteiger partial charge >= 0.3 is 12.3 Å². The van der Waals surface area contributed by atoms with E-state index in [0.29, 0.717) is 5.58 Å². The third kappa shape index (κ3) is 6.54. The van der Waals surface area contributed by atoms with Gasteiger partial charge in [-0.3, -0.25) is 0 Å². The number of hydrogen-bond acceptors (Lipinski definition) is 5. The first-order valence-corrected chi connectivity index (χ1v) is 10.2. The molecule has 0 unspecified atom stereocenters. The van der Waals surface area contributed by atoms with Crippen molar-refractivity contribution in [2.75, 3.05) is 0 Å². The second kappa shape index (κ2) is 8.84. The Hall–Kier alpha value is -3.42. The monoisotopic (exact) mass is 462 g/mol. The number of alkyl halides is 3. The van der Waals surface area contributed by atoms with E-state index in [1.165, 1.54) is 18.2 Å². The molecule has 0 bridgehead atoms. The Morgan fingerprint density at radius 1 is 1.00 bits per heavy atom. The summed E-state index contributed by atoms with van der Waals surface area (Å²) in [6, 6.07) is 12.9. The van der Waals surface area contributed by atoms with E-state index < -0.39 is 29.3 Å². The Morgan fingerprint density at radius 3 is 2.33 bits per heavy atom. The Bertz CT molecular complexity index is 1130. The molecular weight excluding hydrogens is 437 g/mol. The highest BCUT2D eigenvalue weighted by atomic mass is 19.4. The summed E-state index contributed by atoms with van der Waals surface area (Å²) >= 11 is 0. The Morgan fingerprint density at radius 2 is 1.70 bits per heavy atom. The van der Waals surface area contributed by atoms with Crippen molar-refractivity contribution in [1.29, 1.82) is 0 Å². The highest BCUT2D eigenvalue weighted by molar-refractivity contribution is 5.84. The van der Waals surface area contributed by atoms with Crippen LogP contribution in [-0.4, -0.2) is 23.5 Å². The first-order valence-electron chi connectivity index (χ1n) is 10.2. The molecule has 3 aromatic rings. The number of ether oxygens (including phenoxy) is 3. The maximum absolute atomic E-state index is 13.1. The van der Waals surface area contributed by atoms with Crippen LogP contribution in [0.1, 0.15) is 34.1 Å². The standard InChI is InChI=1S/C25H25F3O5/c1-6-22(29)33-24(4,5)15-23(2,3)31-17-11-12-18(21(14-17)32-25(26,27)28)20-13-16-9-7-8-10-19(16)30-20/h6-14H,1,15H2,2-5H3. The second-order valence-electron chi connectivity index (χ2n) is 8.78. The van der Waals surface area contributed by atoms with Crippen molar-refractivity contribution < 1.29 is 36.6 Å². The van der Waals surface area contributed by atoms with Gasteiger partial charge in [-0.05, 0) is 52.0 Å². The molecule has 33 heavy (non-hydrogen) atoms. The molecule has 0 aliphatic carbocycles. The van der Waals surface area contributed by atoms with Gasteiger partial charge in [-0.1, -0.05) is 24.8 Å². The molecule has 0 aliphatic heterocycles. The van der Waals surface area contributed by atoms with Crippen molar-refractivity contribution in [3.05, 3.63) is 61.2 Å². The van der Waals surface area contributed by atoms with E-state index in [1.54, 1.807) is 52.0 Å². The van der Waals surface area contributed by atoms with Gasteiger partial charge in [0.2, 0.25) is 0 Å². The van der Waals surface area contributed by atoms with Gasteiger partial charge in [0, 0.05) is 23.9 Å². The van der Waals surface area contributed by atoms with E-state index in [2.05, 4.69) is 11.3 Å². The van der Waals surface area contributed by atoms with Crippen LogP contribution >= 0.6 is 0 Å². The Labute approximate surface area is 189 Å². The molecule has 5 nitrogen and oxygen atoms in total. The number of furan rings is 1. The fourth-order valence-corrected chi connectivity index (χ4v) is 3.82. The molecule has 2 aromatic carbocycles. The van der Waals surface area contributed by atoms with E-state index in [9.17, 15) is 18.0 Å². The van der Waals surface area contributed by atoms with Crippen molar-refractivity contribution in [1.82, 2.24) is 0 Å². The zero-order valence-corrected chi connectivity index (χ0v) is 18.8. The van der Waals surface area contributed by atoms with Crippen LogP contribution in [0.4, 0.5) is 13.2 Å². The largest absolute Gasteiger partial charge is 0.573 e. The van der Waals surface area contributed by atoms with Crippen molar-refractivity contribution in [3.8, 4) is 22.8 Å². The van der Waals surface area contributed by atoms with Gasteiger partial charge in [-0.15, -0.1) is 13.2 Å². The molecule has 176 valence electrons. The zero-order chi connectivity index (χ0) is 24.4. The summed E-state index contributed by atoms with van der Waals surface area (Å²) in [5, 5.41) is 0.753. The second-order valence-corrected chi connectivity index (χ2v) is 8.78. The molecule has 1 aromatic heterocycles. The molecule has 0 fully saturated rings. The number of halogens is 3. The van der Waals surface area contributed by atoms with E-state index in [1.807, 2.05) is 6.07 Å².